The Kier molecular flexibility index (Phi) is 4.32. The number of benzene rings is 2. The Morgan fingerprint density at radius 2 is 1.82 bits per heavy atom. The highest BCUT2D eigenvalue weighted by atomic mass is 16.5. The topological polar surface area (TPSA) is 64.7 Å². The number of ether oxygens (including phenoxy) is 2. The number of hydrogen-bond donors (Lipinski definition) is 2. The minimum absolute atomic E-state index is 0.0940. The van der Waals surface area contributed by atoms with Crippen LogP contribution >= 0.6 is 0 Å². The van der Waals surface area contributed by atoms with Crippen molar-refractivity contribution in [3.05, 3.63) is 59.2 Å². The normalized spacial score (nSPS) is 15.4. The van der Waals surface area contributed by atoms with Gasteiger partial charge in [0.1, 0.15) is 6.10 Å². The summed E-state index contributed by atoms with van der Waals surface area (Å²) in [4.78, 5) is 0. The van der Waals surface area contributed by atoms with Gasteiger partial charge < -0.3 is 20.3 Å². The molecule has 0 aliphatic heterocycles. The van der Waals surface area contributed by atoms with E-state index in [9.17, 15) is 5.11 Å². The van der Waals surface area contributed by atoms with E-state index in [0.29, 0.717) is 11.5 Å². The molecule has 4 heteroatoms. The molecule has 22 heavy (non-hydrogen) atoms. The van der Waals surface area contributed by atoms with Crippen molar-refractivity contribution < 1.29 is 14.6 Å². The lowest BCUT2D eigenvalue weighted by Crippen LogP contribution is -2.17. The standard InChI is InChI=1S/C18H21NO3/c1-21-17-7-6-14(16(20)11-19)10-18(17)22-15-8-12-4-2-3-5-13(12)9-15/h2-7,10,15-16,20H,8-9,11,19H2,1H3. The molecule has 1 aliphatic carbocycles. The molecule has 2 aromatic carbocycles. The number of fused-ring (bicyclic) bond motifs is 1. The van der Waals surface area contributed by atoms with E-state index in [0.717, 1.165) is 18.4 Å². The van der Waals surface area contributed by atoms with Gasteiger partial charge in [0.05, 0.1) is 13.2 Å². The number of methoxy groups -OCH3 is 1. The van der Waals surface area contributed by atoms with Crippen molar-refractivity contribution in [2.75, 3.05) is 13.7 Å². The predicted octanol–water partition coefficient (Wildman–Crippen LogP) is 2.23. The second-order valence-corrected chi connectivity index (χ2v) is 5.58. The van der Waals surface area contributed by atoms with E-state index in [1.807, 2.05) is 18.2 Å². The Morgan fingerprint density at radius 1 is 1.14 bits per heavy atom. The minimum Gasteiger partial charge on any atom is -0.493 e. The number of aliphatic hydroxyl groups is 1. The quantitative estimate of drug-likeness (QED) is 0.888. The smallest absolute Gasteiger partial charge is 0.161 e. The molecule has 0 spiro atoms. The summed E-state index contributed by atoms with van der Waals surface area (Å²) in [7, 11) is 1.62. The summed E-state index contributed by atoms with van der Waals surface area (Å²) in [5.41, 5.74) is 8.94. The van der Waals surface area contributed by atoms with Gasteiger partial charge in [0.25, 0.3) is 0 Å². The predicted molar refractivity (Wildman–Crippen MR) is 85.3 cm³/mol. The van der Waals surface area contributed by atoms with E-state index < -0.39 is 6.10 Å². The zero-order chi connectivity index (χ0) is 15.5. The van der Waals surface area contributed by atoms with Crippen molar-refractivity contribution in [2.24, 2.45) is 5.73 Å². The van der Waals surface area contributed by atoms with Crippen molar-refractivity contribution in [3.63, 3.8) is 0 Å². The van der Waals surface area contributed by atoms with Gasteiger partial charge in [-0.2, -0.15) is 0 Å². The van der Waals surface area contributed by atoms with E-state index in [-0.39, 0.29) is 12.6 Å². The fraction of sp³-hybridized carbons (Fsp3) is 0.333. The third-order valence-corrected chi connectivity index (χ3v) is 4.10. The zero-order valence-corrected chi connectivity index (χ0v) is 12.7. The van der Waals surface area contributed by atoms with Crippen LogP contribution in [0.25, 0.3) is 0 Å². The fourth-order valence-corrected chi connectivity index (χ4v) is 2.91. The zero-order valence-electron chi connectivity index (χ0n) is 12.7. The number of rotatable bonds is 5. The highest BCUT2D eigenvalue weighted by molar-refractivity contribution is 5.44. The third-order valence-electron chi connectivity index (χ3n) is 4.10. The lowest BCUT2D eigenvalue weighted by atomic mass is 10.1. The summed E-state index contributed by atoms with van der Waals surface area (Å²) in [5, 5.41) is 9.90. The molecule has 0 aromatic heterocycles. The van der Waals surface area contributed by atoms with Crippen LogP contribution in [0, 0.1) is 0 Å². The average Bonchev–Trinajstić information content (AvgIpc) is 2.96. The van der Waals surface area contributed by atoms with Crippen molar-refractivity contribution in [1.82, 2.24) is 0 Å². The molecule has 0 radical (unpaired) electrons. The Morgan fingerprint density at radius 3 is 2.41 bits per heavy atom. The Bertz CT molecular complexity index is 632. The molecule has 0 amide bonds. The van der Waals surface area contributed by atoms with Gasteiger partial charge in [-0.25, -0.2) is 0 Å². The molecular weight excluding hydrogens is 278 g/mol. The number of hydrogen-bond acceptors (Lipinski definition) is 4. The van der Waals surface area contributed by atoms with Crippen LogP contribution in [0.5, 0.6) is 11.5 Å². The maximum atomic E-state index is 9.90. The highest BCUT2D eigenvalue weighted by Gasteiger charge is 2.24. The summed E-state index contributed by atoms with van der Waals surface area (Å²) in [6.07, 6.45) is 1.19. The summed E-state index contributed by atoms with van der Waals surface area (Å²) >= 11 is 0. The van der Waals surface area contributed by atoms with Gasteiger partial charge in [-0.1, -0.05) is 30.3 Å². The van der Waals surface area contributed by atoms with Crippen LogP contribution in [0.3, 0.4) is 0 Å². The Balaban J connectivity index is 1.80. The molecule has 1 atom stereocenters. The minimum atomic E-state index is -0.686. The van der Waals surface area contributed by atoms with Crippen LogP contribution < -0.4 is 15.2 Å². The Labute approximate surface area is 130 Å². The van der Waals surface area contributed by atoms with Crippen LogP contribution in [-0.2, 0) is 12.8 Å². The average molecular weight is 299 g/mol. The van der Waals surface area contributed by atoms with Gasteiger partial charge in [0, 0.05) is 19.4 Å². The van der Waals surface area contributed by atoms with Crippen molar-refractivity contribution in [1.29, 1.82) is 0 Å². The number of aliphatic hydroxyl groups excluding tert-OH is 1. The molecule has 1 unspecified atom stereocenters. The van der Waals surface area contributed by atoms with E-state index in [1.165, 1.54) is 11.1 Å². The summed E-state index contributed by atoms with van der Waals surface area (Å²) in [6.45, 7) is 0.181. The summed E-state index contributed by atoms with van der Waals surface area (Å²) in [6, 6.07) is 13.8. The first-order chi connectivity index (χ1) is 10.7. The monoisotopic (exact) mass is 299 g/mol. The third kappa shape index (κ3) is 2.93. The molecule has 116 valence electrons. The van der Waals surface area contributed by atoms with Gasteiger partial charge in [-0.3, -0.25) is 0 Å². The molecule has 3 N–H and O–H groups in total. The van der Waals surface area contributed by atoms with E-state index >= 15 is 0 Å². The molecule has 4 nitrogen and oxygen atoms in total. The van der Waals surface area contributed by atoms with Crippen LogP contribution in [0.2, 0.25) is 0 Å². The molecule has 0 saturated carbocycles. The lowest BCUT2D eigenvalue weighted by molar-refractivity contribution is 0.182. The van der Waals surface area contributed by atoms with Crippen LogP contribution in [0.4, 0.5) is 0 Å². The first kappa shape index (κ1) is 14.9. The molecule has 0 heterocycles. The molecule has 3 rings (SSSR count). The van der Waals surface area contributed by atoms with Crippen LogP contribution in [0.1, 0.15) is 22.8 Å². The van der Waals surface area contributed by atoms with E-state index in [2.05, 4.69) is 24.3 Å². The van der Waals surface area contributed by atoms with Gasteiger partial charge in [0.2, 0.25) is 0 Å². The van der Waals surface area contributed by atoms with Gasteiger partial charge in [-0.15, -0.1) is 0 Å². The van der Waals surface area contributed by atoms with E-state index in [1.54, 1.807) is 7.11 Å². The van der Waals surface area contributed by atoms with Crippen molar-refractivity contribution in [3.8, 4) is 11.5 Å². The molecule has 0 bridgehead atoms. The highest BCUT2D eigenvalue weighted by Crippen LogP contribution is 2.33. The second kappa shape index (κ2) is 6.38. The SMILES string of the molecule is COc1ccc(C(O)CN)cc1OC1Cc2ccccc2C1. The van der Waals surface area contributed by atoms with Gasteiger partial charge >= 0.3 is 0 Å². The molecule has 0 fully saturated rings. The molecule has 0 saturated heterocycles. The van der Waals surface area contributed by atoms with Crippen molar-refractivity contribution >= 4 is 0 Å². The maximum Gasteiger partial charge on any atom is 0.161 e. The van der Waals surface area contributed by atoms with Gasteiger partial charge in [-0.05, 0) is 28.8 Å². The Hall–Kier alpha value is -2.04. The van der Waals surface area contributed by atoms with Crippen molar-refractivity contribution in [2.45, 2.75) is 25.0 Å². The lowest BCUT2D eigenvalue weighted by Gasteiger charge is -2.18. The number of nitrogens with two attached hydrogens (primary N) is 1. The van der Waals surface area contributed by atoms with Gasteiger partial charge in [0.15, 0.2) is 11.5 Å². The molecule has 1 aliphatic rings. The summed E-state index contributed by atoms with van der Waals surface area (Å²) < 4.78 is 11.5. The molecular formula is C18H21NO3. The summed E-state index contributed by atoms with van der Waals surface area (Å²) in [5.74, 6) is 1.33. The maximum absolute atomic E-state index is 9.90. The first-order valence-electron chi connectivity index (χ1n) is 7.50. The molecule has 2 aromatic rings. The second-order valence-electron chi connectivity index (χ2n) is 5.58. The fourth-order valence-electron chi connectivity index (χ4n) is 2.91. The largest absolute Gasteiger partial charge is 0.493 e. The van der Waals surface area contributed by atoms with E-state index in [4.69, 9.17) is 15.2 Å². The first-order valence-corrected chi connectivity index (χ1v) is 7.50. The van der Waals surface area contributed by atoms with Crippen LogP contribution in [0.15, 0.2) is 42.5 Å². The van der Waals surface area contributed by atoms with Crippen LogP contribution in [-0.4, -0.2) is 24.9 Å².